The van der Waals surface area contributed by atoms with Crippen molar-refractivity contribution in [3.05, 3.63) is 71.6 Å². The van der Waals surface area contributed by atoms with Gasteiger partial charge in [0.1, 0.15) is 5.60 Å². The van der Waals surface area contributed by atoms with Gasteiger partial charge in [0, 0.05) is 24.5 Å². The summed E-state index contributed by atoms with van der Waals surface area (Å²) in [5.41, 5.74) is 2.33. The first-order valence-corrected chi connectivity index (χ1v) is 8.15. The van der Waals surface area contributed by atoms with Crippen LogP contribution in [-0.4, -0.2) is 35.5 Å². The lowest BCUT2D eigenvalue weighted by Crippen LogP contribution is -2.50. The number of rotatable bonds is 3. The molecule has 24 heavy (non-hydrogen) atoms. The zero-order valence-electron chi connectivity index (χ0n) is 14.1. The number of nitrogens with zero attached hydrogens (tertiary/aromatic N) is 2. The van der Waals surface area contributed by atoms with Gasteiger partial charge in [-0.25, -0.2) is 0 Å². The smallest absolute Gasteiger partial charge is 0.249 e. The molecule has 3 rings (SSSR count). The Hall–Kier alpha value is -2.46. The highest BCUT2D eigenvalue weighted by molar-refractivity contribution is 5.97. The Labute approximate surface area is 142 Å². The molecule has 1 aliphatic heterocycles. The monoisotopic (exact) mass is 322 g/mol. The number of amides is 1. The van der Waals surface area contributed by atoms with Gasteiger partial charge in [0.15, 0.2) is 0 Å². The minimum atomic E-state index is -0.466. The average Bonchev–Trinajstić information content (AvgIpc) is 2.63. The molecular weight excluding hydrogens is 300 g/mol. The van der Waals surface area contributed by atoms with Crippen LogP contribution < -0.4 is 0 Å². The normalized spacial score (nSPS) is 21.6. The van der Waals surface area contributed by atoms with Gasteiger partial charge in [0.2, 0.25) is 5.91 Å². The average molecular weight is 322 g/mol. The third kappa shape index (κ3) is 3.54. The molecule has 0 N–H and O–H groups in total. The molecule has 1 aliphatic rings. The second-order valence-electron chi connectivity index (χ2n) is 6.28. The number of benzene rings is 1. The van der Waals surface area contributed by atoms with E-state index in [9.17, 15) is 4.79 Å². The Kier molecular flexibility index (Phi) is 4.76. The maximum Gasteiger partial charge on any atom is 0.249 e. The molecule has 1 unspecified atom stereocenters. The number of morpholine rings is 1. The fourth-order valence-electron chi connectivity index (χ4n) is 3.03. The minimum absolute atomic E-state index is 0.0530. The summed E-state index contributed by atoms with van der Waals surface area (Å²) in [5.74, 6) is 0.0530. The topological polar surface area (TPSA) is 42.4 Å². The number of aromatic nitrogens is 1. The van der Waals surface area contributed by atoms with E-state index in [1.54, 1.807) is 12.4 Å². The Morgan fingerprint density at radius 1 is 1.21 bits per heavy atom. The molecule has 2 heterocycles. The summed E-state index contributed by atoms with van der Waals surface area (Å²) in [6, 6.07) is 13.9. The van der Waals surface area contributed by atoms with Crippen LogP contribution in [-0.2, 0) is 15.1 Å². The van der Waals surface area contributed by atoms with Crippen LogP contribution in [0.1, 0.15) is 25.0 Å². The fourth-order valence-corrected chi connectivity index (χ4v) is 3.03. The van der Waals surface area contributed by atoms with Crippen molar-refractivity contribution in [1.82, 2.24) is 9.88 Å². The van der Waals surface area contributed by atoms with E-state index >= 15 is 0 Å². The summed E-state index contributed by atoms with van der Waals surface area (Å²) in [7, 11) is 0. The van der Waals surface area contributed by atoms with Gasteiger partial charge >= 0.3 is 0 Å². The van der Waals surface area contributed by atoms with Crippen molar-refractivity contribution in [3.8, 4) is 0 Å². The van der Waals surface area contributed by atoms with Crippen molar-refractivity contribution in [1.29, 1.82) is 0 Å². The Balaban J connectivity index is 1.77. The van der Waals surface area contributed by atoms with E-state index in [4.69, 9.17) is 4.74 Å². The van der Waals surface area contributed by atoms with Crippen LogP contribution in [0, 0.1) is 0 Å². The van der Waals surface area contributed by atoms with Crippen molar-refractivity contribution in [2.75, 3.05) is 19.7 Å². The maximum atomic E-state index is 12.8. The molecule has 1 saturated heterocycles. The zero-order chi connectivity index (χ0) is 17.0. The van der Waals surface area contributed by atoms with Crippen LogP contribution in [0.3, 0.4) is 0 Å². The number of pyridine rings is 1. The molecular formula is C20H22N2O2. The molecule has 2 aromatic rings. The van der Waals surface area contributed by atoms with Gasteiger partial charge in [-0.3, -0.25) is 9.78 Å². The Morgan fingerprint density at radius 2 is 1.92 bits per heavy atom. The van der Waals surface area contributed by atoms with Crippen LogP contribution in [0.2, 0.25) is 0 Å². The first-order chi connectivity index (χ1) is 11.6. The SMILES string of the molecule is C/C(=C\c1ccncc1)C(=O)N1CCOC(C)(c2ccccc2)C1. The number of ether oxygens (including phenoxy) is 1. The summed E-state index contributed by atoms with van der Waals surface area (Å²) in [6.45, 7) is 5.61. The van der Waals surface area contributed by atoms with E-state index in [-0.39, 0.29) is 5.91 Å². The third-order valence-corrected chi connectivity index (χ3v) is 4.37. The number of hydrogen-bond donors (Lipinski definition) is 0. The summed E-state index contributed by atoms with van der Waals surface area (Å²) in [4.78, 5) is 18.7. The van der Waals surface area contributed by atoms with Crippen LogP contribution in [0.4, 0.5) is 0 Å². The number of hydrogen-bond acceptors (Lipinski definition) is 3. The highest BCUT2D eigenvalue weighted by Crippen LogP contribution is 2.29. The van der Waals surface area contributed by atoms with Crippen LogP contribution in [0.25, 0.3) is 6.08 Å². The molecule has 1 fully saturated rings. The molecule has 4 heteroatoms. The molecule has 1 atom stereocenters. The van der Waals surface area contributed by atoms with Crippen molar-refractivity contribution in [3.63, 3.8) is 0 Å². The molecule has 1 aromatic heterocycles. The number of carbonyl (C=O) groups is 1. The first kappa shape index (κ1) is 16.4. The molecule has 0 spiro atoms. The van der Waals surface area contributed by atoms with E-state index in [0.29, 0.717) is 19.7 Å². The van der Waals surface area contributed by atoms with Gasteiger partial charge in [-0.1, -0.05) is 30.3 Å². The molecule has 1 amide bonds. The van der Waals surface area contributed by atoms with E-state index in [1.807, 2.05) is 67.3 Å². The van der Waals surface area contributed by atoms with Crippen molar-refractivity contribution in [2.24, 2.45) is 0 Å². The lowest BCUT2D eigenvalue weighted by atomic mass is 9.93. The molecule has 0 aliphatic carbocycles. The van der Waals surface area contributed by atoms with Gasteiger partial charge in [0.25, 0.3) is 0 Å². The van der Waals surface area contributed by atoms with E-state index in [0.717, 1.165) is 16.7 Å². The highest BCUT2D eigenvalue weighted by Gasteiger charge is 2.35. The Morgan fingerprint density at radius 3 is 2.62 bits per heavy atom. The number of carbonyl (C=O) groups excluding carboxylic acids is 1. The zero-order valence-corrected chi connectivity index (χ0v) is 14.1. The molecule has 1 aromatic carbocycles. The van der Waals surface area contributed by atoms with Crippen LogP contribution in [0.15, 0.2) is 60.4 Å². The molecule has 0 bridgehead atoms. The maximum absolute atomic E-state index is 12.8. The van der Waals surface area contributed by atoms with Crippen molar-refractivity contribution < 1.29 is 9.53 Å². The van der Waals surface area contributed by atoms with Crippen molar-refractivity contribution >= 4 is 12.0 Å². The predicted molar refractivity (Wildman–Crippen MR) is 94.2 cm³/mol. The predicted octanol–water partition coefficient (Wildman–Crippen LogP) is 3.26. The first-order valence-electron chi connectivity index (χ1n) is 8.15. The van der Waals surface area contributed by atoms with Gasteiger partial charge in [-0.15, -0.1) is 0 Å². The van der Waals surface area contributed by atoms with Crippen molar-refractivity contribution in [2.45, 2.75) is 19.4 Å². The van der Waals surface area contributed by atoms with Gasteiger partial charge in [-0.05, 0) is 43.2 Å². The summed E-state index contributed by atoms with van der Waals surface area (Å²) in [5, 5.41) is 0. The quantitative estimate of drug-likeness (QED) is 0.815. The third-order valence-electron chi connectivity index (χ3n) is 4.37. The molecule has 0 radical (unpaired) electrons. The fraction of sp³-hybridized carbons (Fsp3) is 0.300. The second-order valence-corrected chi connectivity index (χ2v) is 6.28. The van der Waals surface area contributed by atoms with Gasteiger partial charge in [0.05, 0.1) is 13.2 Å². The summed E-state index contributed by atoms with van der Waals surface area (Å²) in [6.07, 6.45) is 5.36. The van der Waals surface area contributed by atoms with Crippen LogP contribution >= 0.6 is 0 Å². The molecule has 124 valence electrons. The molecule has 4 nitrogen and oxygen atoms in total. The minimum Gasteiger partial charge on any atom is -0.367 e. The lowest BCUT2D eigenvalue weighted by Gasteiger charge is -2.41. The van der Waals surface area contributed by atoms with Gasteiger partial charge < -0.3 is 9.64 Å². The highest BCUT2D eigenvalue weighted by atomic mass is 16.5. The standard InChI is InChI=1S/C20H22N2O2/c1-16(14-17-8-10-21-11-9-17)19(23)22-12-13-24-20(2,15-22)18-6-4-3-5-7-18/h3-11,14H,12-13,15H2,1-2H3/b16-14+. The lowest BCUT2D eigenvalue weighted by molar-refractivity contribution is -0.145. The second kappa shape index (κ2) is 6.97. The summed E-state index contributed by atoms with van der Waals surface area (Å²) >= 11 is 0. The van der Waals surface area contributed by atoms with E-state index in [1.165, 1.54) is 0 Å². The summed E-state index contributed by atoms with van der Waals surface area (Å²) < 4.78 is 6.01. The Bertz CT molecular complexity index is 728. The largest absolute Gasteiger partial charge is 0.367 e. The molecule has 0 saturated carbocycles. The van der Waals surface area contributed by atoms with E-state index in [2.05, 4.69) is 4.98 Å². The van der Waals surface area contributed by atoms with Gasteiger partial charge in [-0.2, -0.15) is 0 Å². The van der Waals surface area contributed by atoms with Crippen LogP contribution in [0.5, 0.6) is 0 Å². The van der Waals surface area contributed by atoms with E-state index < -0.39 is 5.60 Å².